The Bertz CT molecular complexity index is 1400. The maximum Gasteiger partial charge on any atom is 0.429 e. The molecule has 7 nitrogen and oxygen atoms in total. The monoisotopic (exact) mass is 532 g/mol. The molecular formula is C25H20F4N4O3S. The van der Waals surface area contributed by atoms with E-state index in [-0.39, 0.29) is 29.2 Å². The number of nitrogen functional groups attached to an aromatic ring is 1. The van der Waals surface area contributed by atoms with Crippen LogP contribution in [0.2, 0.25) is 0 Å². The first kappa shape index (κ1) is 26.0. The van der Waals surface area contributed by atoms with Crippen LogP contribution in [-0.2, 0) is 11.2 Å². The predicted molar refractivity (Wildman–Crippen MR) is 130 cm³/mol. The maximum absolute atomic E-state index is 14.2. The van der Waals surface area contributed by atoms with Crippen molar-refractivity contribution in [3.05, 3.63) is 83.0 Å². The Morgan fingerprint density at radius 3 is 2.43 bits per heavy atom. The van der Waals surface area contributed by atoms with Crippen molar-refractivity contribution in [2.75, 3.05) is 5.73 Å². The summed E-state index contributed by atoms with van der Waals surface area (Å²) in [6.45, 7) is 0. The van der Waals surface area contributed by atoms with Crippen LogP contribution >= 0.6 is 11.3 Å². The highest BCUT2D eigenvalue weighted by molar-refractivity contribution is 7.13. The zero-order valence-electron chi connectivity index (χ0n) is 18.9. The standard InChI is InChI=1S/C25H20F4N4O3S/c26-15-7-8-16(17(11-15)20-2-1-9-37-20)22(25(27,28)29)36-21-12-19(32-24(31)33-21)14-5-3-13(4-6-14)10-18(30)23(34)35/h1-9,11-12,18,22H,10,30H2,(H,34,35)(H2,31,32,33)/t18-,22?/m0/s1. The SMILES string of the molecule is Nc1nc(OC(c2ccc(F)cc2-c2cccs2)C(F)(F)F)cc(-c2ccc(C[C@H](N)C(=O)O)cc2)n1. The first-order valence-electron chi connectivity index (χ1n) is 10.8. The van der Waals surface area contributed by atoms with E-state index in [0.717, 1.165) is 18.2 Å². The summed E-state index contributed by atoms with van der Waals surface area (Å²) in [5.74, 6) is -2.57. The normalized spacial score (nSPS) is 13.2. The van der Waals surface area contributed by atoms with Crippen LogP contribution in [0.25, 0.3) is 21.7 Å². The molecular weight excluding hydrogens is 512 g/mol. The summed E-state index contributed by atoms with van der Waals surface area (Å²) >= 11 is 1.17. The fourth-order valence-corrected chi connectivity index (χ4v) is 4.40. The molecule has 2 heterocycles. The van der Waals surface area contributed by atoms with E-state index < -0.39 is 36.0 Å². The number of carboxylic acids is 1. The lowest BCUT2D eigenvalue weighted by atomic mass is 10.00. The molecule has 12 heteroatoms. The average Bonchev–Trinajstić information content (AvgIpc) is 3.37. The molecule has 4 aromatic rings. The van der Waals surface area contributed by atoms with Crippen molar-refractivity contribution >= 4 is 23.3 Å². The van der Waals surface area contributed by atoms with Gasteiger partial charge in [-0.05, 0) is 35.6 Å². The largest absolute Gasteiger partial charge is 0.480 e. The van der Waals surface area contributed by atoms with Crippen LogP contribution in [0.1, 0.15) is 17.2 Å². The van der Waals surface area contributed by atoms with E-state index in [1.807, 2.05) is 0 Å². The molecule has 0 saturated carbocycles. The van der Waals surface area contributed by atoms with Crippen molar-refractivity contribution in [1.82, 2.24) is 9.97 Å². The summed E-state index contributed by atoms with van der Waals surface area (Å²) in [6.07, 6.45) is -7.24. The maximum atomic E-state index is 14.2. The summed E-state index contributed by atoms with van der Waals surface area (Å²) in [5, 5.41) is 10.6. The molecule has 0 saturated heterocycles. The van der Waals surface area contributed by atoms with Gasteiger partial charge in [0, 0.05) is 27.6 Å². The van der Waals surface area contributed by atoms with Crippen LogP contribution in [0.15, 0.2) is 66.0 Å². The summed E-state index contributed by atoms with van der Waals surface area (Å²) in [7, 11) is 0. The Morgan fingerprint density at radius 2 is 1.81 bits per heavy atom. The highest BCUT2D eigenvalue weighted by Crippen LogP contribution is 2.42. The second-order valence-corrected chi connectivity index (χ2v) is 8.99. The quantitative estimate of drug-likeness (QED) is 0.266. The molecule has 192 valence electrons. The third-order valence-electron chi connectivity index (χ3n) is 5.36. The molecule has 37 heavy (non-hydrogen) atoms. The number of hydrogen-bond donors (Lipinski definition) is 3. The van der Waals surface area contributed by atoms with Crippen LogP contribution < -0.4 is 16.2 Å². The molecule has 2 aromatic heterocycles. The number of anilines is 1. The van der Waals surface area contributed by atoms with Gasteiger partial charge in [-0.15, -0.1) is 11.3 Å². The van der Waals surface area contributed by atoms with Crippen LogP contribution in [0.5, 0.6) is 5.88 Å². The summed E-state index contributed by atoms with van der Waals surface area (Å²) < 4.78 is 61.9. The lowest BCUT2D eigenvalue weighted by Gasteiger charge is -2.24. The second kappa shape index (κ2) is 10.5. The van der Waals surface area contributed by atoms with E-state index >= 15 is 0 Å². The number of ether oxygens (including phenoxy) is 1. The topological polar surface area (TPSA) is 124 Å². The van der Waals surface area contributed by atoms with Crippen LogP contribution in [0.3, 0.4) is 0 Å². The number of benzene rings is 2. The minimum absolute atomic E-state index is 0.0507. The Morgan fingerprint density at radius 1 is 1.08 bits per heavy atom. The molecule has 0 bridgehead atoms. The fourth-order valence-electron chi connectivity index (χ4n) is 3.63. The number of carbonyl (C=O) groups is 1. The highest BCUT2D eigenvalue weighted by Gasteiger charge is 2.45. The molecule has 4 rings (SSSR count). The number of aromatic nitrogens is 2. The number of thiophene rings is 1. The molecule has 5 N–H and O–H groups in total. The number of rotatable bonds is 8. The van der Waals surface area contributed by atoms with E-state index in [0.29, 0.717) is 16.0 Å². The van der Waals surface area contributed by atoms with Gasteiger partial charge >= 0.3 is 12.1 Å². The summed E-state index contributed by atoms with van der Waals surface area (Å²) in [4.78, 5) is 19.3. The van der Waals surface area contributed by atoms with Crippen LogP contribution in [0.4, 0.5) is 23.5 Å². The summed E-state index contributed by atoms with van der Waals surface area (Å²) in [5.41, 5.74) is 12.4. The van der Waals surface area contributed by atoms with Crippen LogP contribution in [-0.4, -0.2) is 33.3 Å². The smallest absolute Gasteiger partial charge is 0.429 e. The van der Waals surface area contributed by atoms with Gasteiger partial charge in [0.2, 0.25) is 17.9 Å². The number of aliphatic carboxylic acids is 1. The van der Waals surface area contributed by atoms with E-state index in [9.17, 15) is 22.4 Å². The number of halogens is 4. The van der Waals surface area contributed by atoms with Gasteiger partial charge in [-0.3, -0.25) is 4.79 Å². The molecule has 2 atom stereocenters. The van der Waals surface area contributed by atoms with Gasteiger partial charge in [-0.2, -0.15) is 18.2 Å². The van der Waals surface area contributed by atoms with Crippen molar-refractivity contribution in [1.29, 1.82) is 0 Å². The van der Waals surface area contributed by atoms with Gasteiger partial charge in [-0.1, -0.05) is 36.4 Å². The Labute approximate surface area is 212 Å². The fraction of sp³-hybridized carbons (Fsp3) is 0.160. The van der Waals surface area contributed by atoms with E-state index in [4.69, 9.17) is 21.3 Å². The first-order valence-corrected chi connectivity index (χ1v) is 11.7. The zero-order chi connectivity index (χ0) is 26.7. The third kappa shape index (κ3) is 6.22. The molecule has 0 fully saturated rings. The molecule has 0 aliphatic carbocycles. The van der Waals surface area contributed by atoms with Gasteiger partial charge in [0.05, 0.1) is 5.69 Å². The minimum Gasteiger partial charge on any atom is -0.480 e. The number of carboxylic acid groups (broad SMARTS) is 1. The Balaban J connectivity index is 1.67. The van der Waals surface area contributed by atoms with Gasteiger partial charge < -0.3 is 21.3 Å². The molecule has 0 aliphatic heterocycles. The number of nitrogens with two attached hydrogens (primary N) is 2. The van der Waals surface area contributed by atoms with Crippen molar-refractivity contribution in [2.45, 2.75) is 24.7 Å². The highest BCUT2D eigenvalue weighted by atomic mass is 32.1. The molecule has 0 radical (unpaired) electrons. The van der Waals surface area contributed by atoms with Gasteiger partial charge in [0.15, 0.2) is 0 Å². The minimum atomic E-state index is -4.87. The van der Waals surface area contributed by atoms with Crippen LogP contribution in [0, 0.1) is 5.82 Å². The van der Waals surface area contributed by atoms with Gasteiger partial charge in [-0.25, -0.2) is 9.37 Å². The van der Waals surface area contributed by atoms with Gasteiger partial charge in [0.25, 0.3) is 0 Å². The number of hydrogen-bond acceptors (Lipinski definition) is 7. The van der Waals surface area contributed by atoms with E-state index in [2.05, 4.69) is 9.97 Å². The van der Waals surface area contributed by atoms with Crippen molar-refractivity contribution in [2.24, 2.45) is 5.73 Å². The van der Waals surface area contributed by atoms with Crippen molar-refractivity contribution in [3.63, 3.8) is 0 Å². The lowest BCUT2D eigenvalue weighted by molar-refractivity contribution is -0.198. The molecule has 2 aromatic carbocycles. The zero-order valence-corrected chi connectivity index (χ0v) is 19.8. The molecule has 0 spiro atoms. The van der Waals surface area contributed by atoms with E-state index in [1.165, 1.54) is 17.4 Å². The summed E-state index contributed by atoms with van der Waals surface area (Å²) in [6, 6.07) is 12.8. The predicted octanol–water partition coefficient (Wildman–Crippen LogP) is 5.23. The average molecular weight is 533 g/mol. The van der Waals surface area contributed by atoms with Crippen molar-refractivity contribution in [3.8, 4) is 27.6 Å². The Kier molecular flexibility index (Phi) is 7.41. The second-order valence-electron chi connectivity index (χ2n) is 8.04. The molecule has 1 unspecified atom stereocenters. The van der Waals surface area contributed by atoms with Crippen molar-refractivity contribution < 1.29 is 32.2 Å². The third-order valence-corrected chi connectivity index (χ3v) is 6.27. The lowest BCUT2D eigenvalue weighted by Crippen LogP contribution is -2.32. The molecule has 0 aliphatic rings. The first-order chi connectivity index (χ1) is 17.5. The Hall–Kier alpha value is -4.03. The number of nitrogens with zero attached hydrogens (tertiary/aromatic N) is 2. The van der Waals surface area contributed by atoms with E-state index in [1.54, 1.807) is 41.8 Å². The number of alkyl halides is 3. The molecule has 0 amide bonds. The van der Waals surface area contributed by atoms with Gasteiger partial charge in [0.1, 0.15) is 11.9 Å².